The van der Waals surface area contributed by atoms with Crippen LogP contribution in [0.15, 0.2) is 42.5 Å². The van der Waals surface area contributed by atoms with E-state index < -0.39 is 0 Å². The number of nitrogens with zero attached hydrogens (tertiary/aromatic N) is 1. The summed E-state index contributed by atoms with van der Waals surface area (Å²) in [5.41, 5.74) is 3.24. The quantitative estimate of drug-likeness (QED) is 0.772. The fourth-order valence-electron chi connectivity index (χ4n) is 3.64. The van der Waals surface area contributed by atoms with E-state index in [1.54, 1.807) is 24.0 Å². The molecule has 2 N–H and O–H groups in total. The Bertz CT molecular complexity index is 777. The third-order valence-electron chi connectivity index (χ3n) is 5.14. The first-order chi connectivity index (χ1) is 12.7. The normalized spacial score (nSPS) is 19.6. The van der Waals surface area contributed by atoms with Crippen molar-refractivity contribution in [2.75, 3.05) is 40.4 Å². The van der Waals surface area contributed by atoms with Gasteiger partial charge in [-0.15, -0.1) is 0 Å². The molecule has 0 aliphatic carbocycles. The molecule has 5 heteroatoms. The van der Waals surface area contributed by atoms with Gasteiger partial charge < -0.3 is 19.3 Å². The molecule has 0 atom stereocenters. The Hall–Kier alpha value is -2.55. The summed E-state index contributed by atoms with van der Waals surface area (Å²) in [5.74, 6) is 1.57. The molecule has 0 amide bonds. The van der Waals surface area contributed by atoms with Crippen molar-refractivity contribution in [1.82, 2.24) is 0 Å². The monoisotopic (exact) mass is 353 g/mol. The first-order valence-electron chi connectivity index (χ1n) is 9.09. The van der Waals surface area contributed by atoms with Crippen molar-refractivity contribution in [2.45, 2.75) is 13.1 Å². The molecule has 0 radical (unpaired) electrons. The predicted octanol–water partition coefficient (Wildman–Crippen LogP) is 0.0591. The van der Waals surface area contributed by atoms with Gasteiger partial charge in [0.2, 0.25) is 0 Å². The molecule has 5 nitrogen and oxygen atoms in total. The average molecular weight is 353 g/mol. The van der Waals surface area contributed by atoms with Crippen LogP contribution in [0, 0.1) is 11.3 Å². The molecule has 1 fully saturated rings. The molecule has 1 saturated heterocycles. The molecule has 0 bridgehead atoms. The van der Waals surface area contributed by atoms with Gasteiger partial charge in [0.05, 0.1) is 25.9 Å². The second-order valence-electron chi connectivity index (χ2n) is 6.81. The summed E-state index contributed by atoms with van der Waals surface area (Å²) >= 11 is 0. The number of hydrogen-bond donors (Lipinski definition) is 2. The van der Waals surface area contributed by atoms with Gasteiger partial charge in [0, 0.05) is 11.1 Å². The van der Waals surface area contributed by atoms with Crippen LogP contribution in [-0.4, -0.2) is 40.4 Å². The van der Waals surface area contributed by atoms with Gasteiger partial charge in [0.25, 0.3) is 0 Å². The van der Waals surface area contributed by atoms with Crippen LogP contribution in [0.3, 0.4) is 0 Å². The van der Waals surface area contributed by atoms with Crippen LogP contribution >= 0.6 is 0 Å². The fourth-order valence-corrected chi connectivity index (χ4v) is 3.64. The van der Waals surface area contributed by atoms with Gasteiger partial charge in [-0.2, -0.15) is 5.26 Å². The molecule has 136 valence electrons. The van der Waals surface area contributed by atoms with Gasteiger partial charge in [-0.3, -0.25) is 0 Å². The minimum atomic E-state index is 0.775. The number of nitriles is 1. The van der Waals surface area contributed by atoms with Crippen molar-refractivity contribution in [3.05, 3.63) is 59.2 Å². The van der Waals surface area contributed by atoms with E-state index in [1.807, 2.05) is 24.3 Å². The molecule has 3 rings (SSSR count). The highest BCUT2D eigenvalue weighted by Gasteiger charge is 2.24. The van der Waals surface area contributed by atoms with Crippen molar-refractivity contribution < 1.29 is 19.3 Å². The third-order valence-corrected chi connectivity index (χ3v) is 5.14. The Kier molecular flexibility index (Phi) is 6.11. The lowest BCUT2D eigenvalue weighted by atomic mass is 10.1. The molecule has 2 aromatic rings. The van der Waals surface area contributed by atoms with Gasteiger partial charge >= 0.3 is 0 Å². The summed E-state index contributed by atoms with van der Waals surface area (Å²) < 4.78 is 10.7. The number of methoxy groups -OCH3 is 2. The molecule has 26 heavy (non-hydrogen) atoms. The number of benzene rings is 2. The largest absolute Gasteiger partial charge is 0.493 e. The van der Waals surface area contributed by atoms with Gasteiger partial charge in [-0.1, -0.05) is 18.2 Å². The van der Waals surface area contributed by atoms with E-state index in [9.17, 15) is 5.26 Å². The maximum absolute atomic E-state index is 9.25. The average Bonchev–Trinajstić information content (AvgIpc) is 2.69. The van der Waals surface area contributed by atoms with Crippen LogP contribution in [0.2, 0.25) is 0 Å². The molecule has 1 aliphatic heterocycles. The van der Waals surface area contributed by atoms with E-state index in [1.165, 1.54) is 5.56 Å². The third kappa shape index (κ3) is 4.34. The molecule has 0 unspecified atom stereocenters. The molecule has 0 spiro atoms. The predicted molar refractivity (Wildman–Crippen MR) is 99.5 cm³/mol. The van der Waals surface area contributed by atoms with E-state index in [2.05, 4.69) is 24.3 Å². The Morgan fingerprint density at radius 2 is 1.54 bits per heavy atom. The Balaban J connectivity index is 1.55. The van der Waals surface area contributed by atoms with E-state index >= 15 is 0 Å². The fraction of sp³-hybridized carbons (Fsp3) is 0.381. The zero-order valence-electron chi connectivity index (χ0n) is 15.5. The second-order valence-corrected chi connectivity index (χ2v) is 6.81. The van der Waals surface area contributed by atoms with E-state index in [4.69, 9.17) is 9.47 Å². The summed E-state index contributed by atoms with van der Waals surface area (Å²) in [6.45, 7) is 6.47. The number of nitrogens with one attached hydrogen (secondary N) is 2. The van der Waals surface area contributed by atoms with Crippen LogP contribution in [0.1, 0.15) is 16.7 Å². The lowest BCUT2D eigenvalue weighted by Crippen LogP contribution is -3.27. The van der Waals surface area contributed by atoms with Crippen molar-refractivity contribution in [2.24, 2.45) is 0 Å². The van der Waals surface area contributed by atoms with Crippen molar-refractivity contribution >= 4 is 0 Å². The highest BCUT2D eigenvalue weighted by Crippen LogP contribution is 2.27. The maximum Gasteiger partial charge on any atom is 0.161 e. The Morgan fingerprint density at radius 3 is 2.19 bits per heavy atom. The Labute approximate surface area is 155 Å². The first kappa shape index (κ1) is 18.2. The molecule has 1 heterocycles. The minimum Gasteiger partial charge on any atom is -0.493 e. The smallest absolute Gasteiger partial charge is 0.161 e. The summed E-state index contributed by atoms with van der Waals surface area (Å²) in [6, 6.07) is 16.4. The number of ether oxygens (including phenoxy) is 2. The Morgan fingerprint density at radius 1 is 0.885 bits per heavy atom. The van der Waals surface area contributed by atoms with E-state index in [0.717, 1.165) is 61.9 Å². The molecular formula is C21H27N3O2+2. The molecule has 0 saturated carbocycles. The van der Waals surface area contributed by atoms with Crippen LogP contribution in [-0.2, 0) is 13.1 Å². The standard InChI is InChI=1S/C21H25N3O2/c1-25-20-8-7-17(13-21(20)26-2)15-23-9-11-24(12-10-23)16-19-6-4-3-5-18(19)14-22/h3-8,13H,9-12,15-16H2,1-2H3/p+2. The zero-order chi connectivity index (χ0) is 18.4. The second kappa shape index (κ2) is 8.70. The topological polar surface area (TPSA) is 51.1 Å². The van der Waals surface area contributed by atoms with Crippen LogP contribution < -0.4 is 19.3 Å². The molecular weight excluding hydrogens is 326 g/mol. The summed E-state index contributed by atoms with van der Waals surface area (Å²) in [4.78, 5) is 3.15. The van der Waals surface area contributed by atoms with Crippen LogP contribution in [0.4, 0.5) is 0 Å². The summed E-state index contributed by atoms with van der Waals surface area (Å²) in [7, 11) is 3.34. The summed E-state index contributed by atoms with van der Waals surface area (Å²) in [6.07, 6.45) is 0. The van der Waals surface area contributed by atoms with Gasteiger partial charge in [-0.05, 0) is 24.3 Å². The zero-order valence-corrected chi connectivity index (χ0v) is 15.5. The minimum absolute atomic E-state index is 0.775. The van der Waals surface area contributed by atoms with Gasteiger partial charge in [-0.25, -0.2) is 0 Å². The summed E-state index contributed by atoms with van der Waals surface area (Å²) in [5, 5.41) is 9.25. The maximum atomic E-state index is 9.25. The highest BCUT2D eigenvalue weighted by molar-refractivity contribution is 5.42. The lowest BCUT2D eigenvalue weighted by Gasteiger charge is -2.30. The van der Waals surface area contributed by atoms with Crippen molar-refractivity contribution in [3.8, 4) is 17.6 Å². The lowest BCUT2D eigenvalue weighted by molar-refractivity contribution is -1.02. The van der Waals surface area contributed by atoms with Gasteiger partial charge in [0.1, 0.15) is 39.3 Å². The van der Waals surface area contributed by atoms with Crippen molar-refractivity contribution in [3.63, 3.8) is 0 Å². The van der Waals surface area contributed by atoms with Crippen LogP contribution in [0.5, 0.6) is 11.5 Å². The van der Waals surface area contributed by atoms with Gasteiger partial charge in [0.15, 0.2) is 11.5 Å². The molecule has 1 aliphatic rings. The molecule has 2 aromatic carbocycles. The van der Waals surface area contributed by atoms with E-state index in [-0.39, 0.29) is 0 Å². The number of piperazine rings is 1. The number of rotatable bonds is 6. The van der Waals surface area contributed by atoms with Crippen molar-refractivity contribution in [1.29, 1.82) is 5.26 Å². The highest BCUT2D eigenvalue weighted by atomic mass is 16.5. The molecule has 0 aromatic heterocycles. The van der Waals surface area contributed by atoms with E-state index in [0.29, 0.717) is 0 Å². The first-order valence-corrected chi connectivity index (χ1v) is 9.09. The SMILES string of the molecule is COc1ccc(C[NH+]2CC[NH+](Cc3ccccc3C#N)CC2)cc1OC. The number of hydrogen-bond acceptors (Lipinski definition) is 3. The van der Waals surface area contributed by atoms with Crippen LogP contribution in [0.25, 0.3) is 0 Å². The number of quaternary nitrogens is 2.